The van der Waals surface area contributed by atoms with Gasteiger partial charge in [0.2, 0.25) is 5.95 Å². The van der Waals surface area contributed by atoms with Gasteiger partial charge in [0.15, 0.2) is 11.0 Å². The number of anilines is 2. The van der Waals surface area contributed by atoms with Crippen molar-refractivity contribution in [2.45, 2.75) is 23.8 Å². The number of benzene rings is 3. The van der Waals surface area contributed by atoms with E-state index in [0.717, 1.165) is 29.3 Å². The molecule has 1 amide bonds. The largest absolute Gasteiger partial charge is 0.399 e. The Morgan fingerprint density at radius 1 is 0.975 bits per heavy atom. The standard InChI is InChI=1S/C30H27ClN6O2S/c31-26-18-33-30(34-22-14-16-36(17-15-22)29(38)20-10-12-21(32)13-11-20)35-28(26)25-19-37(27-9-5-4-8-24(25)27)40(39)23-6-2-1-3-7-23/h1-13,18-19,22H,14-17,32H2,(H,33,34,35). The Bertz CT molecular complexity index is 1700. The number of nitrogens with zero attached hydrogens (tertiary/aromatic N) is 4. The zero-order chi connectivity index (χ0) is 27.6. The Morgan fingerprint density at radius 2 is 1.68 bits per heavy atom. The average Bonchev–Trinajstić information content (AvgIpc) is 3.38. The summed E-state index contributed by atoms with van der Waals surface area (Å²) in [6, 6.07) is 24.2. The van der Waals surface area contributed by atoms with Crippen molar-refractivity contribution in [1.29, 1.82) is 0 Å². The summed E-state index contributed by atoms with van der Waals surface area (Å²) in [5.74, 6) is 0.469. The molecule has 3 heterocycles. The number of nitrogens with two attached hydrogens (primary N) is 1. The molecule has 0 aliphatic carbocycles. The molecule has 3 aromatic carbocycles. The first-order valence-corrected chi connectivity index (χ1v) is 14.5. The van der Waals surface area contributed by atoms with Crippen molar-refractivity contribution in [3.8, 4) is 11.3 Å². The Labute approximate surface area is 239 Å². The summed E-state index contributed by atoms with van der Waals surface area (Å²) in [5.41, 5.74) is 9.19. The number of aromatic nitrogens is 3. The maximum absolute atomic E-state index is 13.5. The van der Waals surface area contributed by atoms with E-state index in [1.807, 2.05) is 65.7 Å². The van der Waals surface area contributed by atoms with Gasteiger partial charge >= 0.3 is 0 Å². The summed E-state index contributed by atoms with van der Waals surface area (Å²) in [6.45, 7) is 1.25. The number of piperidine rings is 1. The molecule has 0 bridgehead atoms. The summed E-state index contributed by atoms with van der Waals surface area (Å²) in [6.07, 6.45) is 4.95. The van der Waals surface area contributed by atoms with Crippen molar-refractivity contribution < 1.29 is 9.00 Å². The summed E-state index contributed by atoms with van der Waals surface area (Å²) in [5, 5.41) is 4.73. The minimum atomic E-state index is -1.44. The van der Waals surface area contributed by atoms with E-state index in [2.05, 4.69) is 10.3 Å². The van der Waals surface area contributed by atoms with Gasteiger partial charge in [0.05, 0.1) is 27.3 Å². The first-order valence-electron chi connectivity index (χ1n) is 13.0. The van der Waals surface area contributed by atoms with Crippen LogP contribution in [0, 0.1) is 0 Å². The lowest BCUT2D eigenvalue weighted by molar-refractivity contribution is 0.0718. The molecule has 0 saturated carbocycles. The molecule has 8 nitrogen and oxygen atoms in total. The van der Waals surface area contributed by atoms with Gasteiger partial charge in [-0.3, -0.25) is 8.77 Å². The van der Waals surface area contributed by atoms with Crippen LogP contribution in [0.2, 0.25) is 5.02 Å². The van der Waals surface area contributed by atoms with E-state index in [0.29, 0.717) is 45.9 Å². The Morgan fingerprint density at radius 3 is 2.42 bits per heavy atom. The van der Waals surface area contributed by atoms with Gasteiger partial charge in [0.1, 0.15) is 0 Å². The molecule has 10 heteroatoms. The summed E-state index contributed by atoms with van der Waals surface area (Å²) in [7, 11) is -1.44. The van der Waals surface area contributed by atoms with Crippen LogP contribution in [-0.4, -0.2) is 48.1 Å². The molecule has 3 N–H and O–H groups in total. The lowest BCUT2D eigenvalue weighted by Crippen LogP contribution is -2.42. The van der Waals surface area contributed by atoms with Crippen molar-refractivity contribution >= 4 is 51.0 Å². The third-order valence-corrected chi connectivity index (χ3v) is 8.69. The Hall–Kier alpha value is -4.21. The van der Waals surface area contributed by atoms with Crippen LogP contribution in [0.15, 0.2) is 96.2 Å². The minimum absolute atomic E-state index is 0.00718. The number of likely N-dealkylation sites (tertiary alicyclic amines) is 1. The summed E-state index contributed by atoms with van der Waals surface area (Å²) < 4.78 is 15.2. The third-order valence-electron chi connectivity index (χ3n) is 7.07. The zero-order valence-corrected chi connectivity index (χ0v) is 23.1. The van der Waals surface area contributed by atoms with Crippen LogP contribution >= 0.6 is 11.6 Å². The van der Waals surface area contributed by atoms with E-state index >= 15 is 0 Å². The number of hydrogen-bond acceptors (Lipinski definition) is 6. The Kier molecular flexibility index (Phi) is 7.23. The van der Waals surface area contributed by atoms with Crippen molar-refractivity contribution in [2.75, 3.05) is 24.1 Å². The number of carbonyl (C=O) groups is 1. The molecular weight excluding hydrogens is 544 g/mol. The van der Waals surface area contributed by atoms with Crippen LogP contribution in [-0.2, 0) is 11.0 Å². The predicted octanol–water partition coefficient (Wildman–Crippen LogP) is 5.62. The number of carbonyl (C=O) groups excluding carboxylic acids is 1. The van der Waals surface area contributed by atoms with E-state index in [4.69, 9.17) is 22.3 Å². The van der Waals surface area contributed by atoms with Crippen molar-refractivity contribution in [3.05, 3.63) is 102 Å². The number of hydrogen-bond donors (Lipinski definition) is 2. The van der Waals surface area contributed by atoms with Crippen molar-refractivity contribution in [2.24, 2.45) is 0 Å². The fraction of sp³-hybridized carbons (Fsp3) is 0.167. The van der Waals surface area contributed by atoms with Gasteiger partial charge in [0.25, 0.3) is 5.91 Å². The zero-order valence-electron chi connectivity index (χ0n) is 21.5. The highest BCUT2D eigenvalue weighted by atomic mass is 35.5. The first-order chi connectivity index (χ1) is 19.5. The summed E-state index contributed by atoms with van der Waals surface area (Å²) >= 11 is 6.61. The molecule has 6 rings (SSSR count). The molecule has 0 radical (unpaired) electrons. The van der Waals surface area contributed by atoms with Crippen molar-refractivity contribution in [3.63, 3.8) is 0 Å². The molecule has 1 aliphatic rings. The van der Waals surface area contributed by atoms with Gasteiger partial charge in [-0.25, -0.2) is 14.2 Å². The lowest BCUT2D eigenvalue weighted by atomic mass is 10.0. The maximum Gasteiger partial charge on any atom is 0.253 e. The van der Waals surface area contributed by atoms with Gasteiger partial charge in [-0.05, 0) is 55.3 Å². The highest BCUT2D eigenvalue weighted by Gasteiger charge is 2.25. The number of fused-ring (bicyclic) bond motifs is 1. The van der Waals surface area contributed by atoms with Crippen LogP contribution in [0.3, 0.4) is 0 Å². The molecule has 5 aromatic rings. The highest BCUT2D eigenvalue weighted by Crippen LogP contribution is 2.35. The molecule has 1 unspecified atom stereocenters. The number of para-hydroxylation sites is 1. The topological polar surface area (TPSA) is 106 Å². The molecule has 1 aliphatic heterocycles. The first kappa shape index (κ1) is 26.0. The molecule has 1 saturated heterocycles. The van der Waals surface area contributed by atoms with Crippen LogP contribution in [0.25, 0.3) is 22.2 Å². The quantitative estimate of drug-likeness (QED) is 0.257. The SMILES string of the molecule is Nc1ccc(C(=O)N2CCC(Nc3ncc(Cl)c(-c4cn(S(=O)c5ccccc5)c5ccccc45)n3)CC2)cc1. The third kappa shape index (κ3) is 5.17. The highest BCUT2D eigenvalue weighted by molar-refractivity contribution is 7.83. The minimum Gasteiger partial charge on any atom is -0.399 e. The van der Waals surface area contributed by atoms with E-state index < -0.39 is 11.0 Å². The fourth-order valence-electron chi connectivity index (χ4n) is 4.97. The average molecular weight is 571 g/mol. The normalized spacial score (nSPS) is 14.8. The molecule has 2 aromatic heterocycles. The monoisotopic (exact) mass is 570 g/mol. The maximum atomic E-state index is 13.5. The van der Waals surface area contributed by atoms with Gasteiger partial charge in [0, 0.05) is 47.5 Å². The second-order valence-corrected chi connectivity index (χ2v) is 11.4. The molecular formula is C30H27ClN6O2S. The number of nitrogens with one attached hydrogen (secondary N) is 1. The smallest absolute Gasteiger partial charge is 0.253 e. The van der Waals surface area contributed by atoms with E-state index in [1.165, 1.54) is 0 Å². The van der Waals surface area contributed by atoms with E-state index in [1.54, 1.807) is 34.4 Å². The van der Waals surface area contributed by atoms with Gasteiger partial charge in [-0.15, -0.1) is 0 Å². The summed E-state index contributed by atoms with van der Waals surface area (Å²) in [4.78, 5) is 24.6. The van der Waals surface area contributed by atoms with Gasteiger partial charge < -0.3 is 16.0 Å². The molecule has 202 valence electrons. The second-order valence-electron chi connectivity index (χ2n) is 9.67. The van der Waals surface area contributed by atoms with Crippen LogP contribution < -0.4 is 11.1 Å². The Balaban J connectivity index is 1.22. The second kappa shape index (κ2) is 11.1. The number of halogens is 1. The van der Waals surface area contributed by atoms with Crippen LogP contribution in [0.1, 0.15) is 23.2 Å². The van der Waals surface area contributed by atoms with Crippen LogP contribution in [0.5, 0.6) is 0 Å². The van der Waals surface area contributed by atoms with Crippen LogP contribution in [0.4, 0.5) is 11.6 Å². The van der Waals surface area contributed by atoms with Gasteiger partial charge in [-0.2, -0.15) is 0 Å². The lowest BCUT2D eigenvalue weighted by Gasteiger charge is -2.32. The van der Waals surface area contributed by atoms with Crippen molar-refractivity contribution in [1.82, 2.24) is 18.8 Å². The van der Waals surface area contributed by atoms with E-state index in [-0.39, 0.29) is 11.9 Å². The fourth-order valence-corrected chi connectivity index (χ4v) is 6.32. The number of rotatable bonds is 6. The van der Waals surface area contributed by atoms with Gasteiger partial charge in [-0.1, -0.05) is 48.0 Å². The molecule has 40 heavy (non-hydrogen) atoms. The number of amides is 1. The predicted molar refractivity (Wildman–Crippen MR) is 160 cm³/mol. The van der Waals surface area contributed by atoms with E-state index in [9.17, 15) is 9.00 Å². The molecule has 1 atom stereocenters. The molecule has 1 fully saturated rings. The molecule has 0 spiro atoms. The number of nitrogen functional groups attached to an aromatic ring is 1.